The third-order valence-corrected chi connectivity index (χ3v) is 2.02. The Kier molecular flexibility index (Phi) is 3.19. The van der Waals surface area contributed by atoms with Gasteiger partial charge in [-0.2, -0.15) is 0 Å². The van der Waals surface area contributed by atoms with Crippen molar-refractivity contribution in [2.45, 2.75) is 3.79 Å². The Bertz CT molecular complexity index is 372. The van der Waals surface area contributed by atoms with Gasteiger partial charge in [0.25, 0.3) is 0 Å². The van der Waals surface area contributed by atoms with E-state index in [0.29, 0.717) is 6.07 Å². The smallest absolute Gasteiger partial charge is 0.204 e. The Morgan fingerprint density at radius 3 is 1.79 bits per heavy atom. The second-order valence-corrected chi connectivity index (χ2v) is 4.63. The molecule has 0 bridgehead atoms. The van der Waals surface area contributed by atoms with E-state index in [2.05, 4.69) is 0 Å². The molecule has 0 saturated heterocycles. The van der Waals surface area contributed by atoms with Crippen LogP contribution in [0.15, 0.2) is 6.07 Å². The lowest BCUT2D eigenvalue weighted by atomic mass is 10.2. The van der Waals surface area contributed by atoms with Crippen LogP contribution in [0.4, 0.5) is 17.6 Å². The van der Waals surface area contributed by atoms with Gasteiger partial charge < -0.3 is 0 Å². The second-order valence-electron chi connectivity index (χ2n) is 2.35. The van der Waals surface area contributed by atoms with Gasteiger partial charge in [-0.25, -0.2) is 17.6 Å². The average Bonchev–Trinajstić information content (AvgIpc) is 2.06. The number of alkyl halides is 3. The quantitative estimate of drug-likeness (QED) is 0.288. The maximum absolute atomic E-state index is 12.9. The van der Waals surface area contributed by atoms with Crippen molar-refractivity contribution in [3.8, 4) is 0 Å². The Balaban J connectivity index is 3.49. The van der Waals surface area contributed by atoms with Crippen molar-refractivity contribution in [3.63, 3.8) is 0 Å². The zero-order chi connectivity index (χ0) is 11.1. The molecule has 0 fully saturated rings. The van der Waals surface area contributed by atoms with Crippen LogP contribution in [0.1, 0.15) is 5.56 Å². The van der Waals surface area contributed by atoms with E-state index in [1.807, 2.05) is 0 Å². The molecule has 0 aliphatic carbocycles. The molecule has 0 unspecified atom stereocenters. The fourth-order valence-electron chi connectivity index (χ4n) is 0.779. The fraction of sp³-hybridized carbons (Fsp3) is 0.143. The predicted octanol–water partition coefficient (Wildman–Crippen LogP) is 4.07. The molecular weight excluding hydrogens is 266 g/mol. The van der Waals surface area contributed by atoms with Gasteiger partial charge in [-0.3, -0.25) is 0 Å². The van der Waals surface area contributed by atoms with Crippen molar-refractivity contribution in [2.24, 2.45) is 0 Å². The lowest BCUT2D eigenvalue weighted by Gasteiger charge is -2.12. The zero-order valence-corrected chi connectivity index (χ0v) is 8.49. The van der Waals surface area contributed by atoms with Gasteiger partial charge in [0.2, 0.25) is 3.79 Å². The molecule has 0 aliphatic rings. The Hall–Kier alpha value is -0.190. The van der Waals surface area contributed by atoms with Crippen molar-refractivity contribution in [1.82, 2.24) is 0 Å². The number of halogens is 7. The number of hydrogen-bond acceptors (Lipinski definition) is 0. The summed E-state index contributed by atoms with van der Waals surface area (Å²) in [6.45, 7) is 0. The summed E-state index contributed by atoms with van der Waals surface area (Å²) in [6, 6.07) is 0.292. The monoisotopic (exact) mass is 266 g/mol. The molecule has 78 valence electrons. The van der Waals surface area contributed by atoms with Gasteiger partial charge in [-0.15, -0.1) is 0 Å². The first kappa shape index (κ1) is 11.9. The first-order valence-electron chi connectivity index (χ1n) is 3.15. The summed E-state index contributed by atoms with van der Waals surface area (Å²) < 4.78 is 48.2. The zero-order valence-electron chi connectivity index (χ0n) is 6.22. The fourth-order valence-corrected chi connectivity index (χ4v) is 1.19. The molecule has 0 saturated carbocycles. The van der Waals surface area contributed by atoms with Gasteiger partial charge in [0.15, 0.2) is 23.3 Å². The van der Waals surface area contributed by atoms with Crippen LogP contribution >= 0.6 is 34.8 Å². The molecule has 0 spiro atoms. The Morgan fingerprint density at radius 1 is 0.857 bits per heavy atom. The summed E-state index contributed by atoms with van der Waals surface area (Å²) in [6.07, 6.45) is 0. The van der Waals surface area contributed by atoms with Crippen LogP contribution in [-0.2, 0) is 3.79 Å². The molecular formula is C7HCl3F4. The molecule has 1 aromatic rings. The molecule has 0 N–H and O–H groups in total. The summed E-state index contributed by atoms with van der Waals surface area (Å²) in [7, 11) is 0. The van der Waals surface area contributed by atoms with E-state index in [4.69, 9.17) is 34.8 Å². The van der Waals surface area contributed by atoms with Crippen molar-refractivity contribution in [2.75, 3.05) is 0 Å². The SMILES string of the molecule is Fc1cc(C(Cl)(Cl)Cl)c(F)c(F)c1F. The van der Waals surface area contributed by atoms with Crippen molar-refractivity contribution < 1.29 is 17.6 Å². The van der Waals surface area contributed by atoms with Crippen LogP contribution in [0, 0.1) is 23.3 Å². The highest BCUT2D eigenvalue weighted by Crippen LogP contribution is 2.40. The lowest BCUT2D eigenvalue weighted by molar-refractivity contribution is 0.404. The van der Waals surface area contributed by atoms with E-state index in [1.165, 1.54) is 0 Å². The standard InChI is InChI=1S/C7HCl3F4/c8-7(9,10)2-1-3(11)5(13)6(14)4(2)12/h1H. The first-order chi connectivity index (χ1) is 6.25. The van der Waals surface area contributed by atoms with Gasteiger partial charge in [0, 0.05) is 5.56 Å². The average molecular weight is 267 g/mol. The molecule has 0 nitrogen and oxygen atoms in total. The maximum atomic E-state index is 12.9. The van der Waals surface area contributed by atoms with Crippen molar-refractivity contribution in [1.29, 1.82) is 0 Å². The van der Waals surface area contributed by atoms with E-state index in [1.54, 1.807) is 0 Å². The largest absolute Gasteiger partial charge is 0.219 e. The molecule has 0 amide bonds. The summed E-state index contributed by atoms with van der Waals surface area (Å²) in [5, 5.41) is 0. The van der Waals surface area contributed by atoms with Gasteiger partial charge in [-0.1, -0.05) is 34.8 Å². The summed E-state index contributed by atoms with van der Waals surface area (Å²) in [5.74, 6) is -7.29. The van der Waals surface area contributed by atoms with Gasteiger partial charge in [0.05, 0.1) is 0 Å². The van der Waals surface area contributed by atoms with Gasteiger partial charge >= 0.3 is 0 Å². The summed E-state index contributed by atoms with van der Waals surface area (Å²) in [4.78, 5) is 0. The number of benzene rings is 1. The molecule has 0 aromatic heterocycles. The third kappa shape index (κ3) is 2.07. The highest BCUT2D eigenvalue weighted by atomic mass is 35.6. The minimum atomic E-state index is -2.35. The highest BCUT2D eigenvalue weighted by molar-refractivity contribution is 6.66. The molecule has 0 radical (unpaired) electrons. The molecule has 1 aromatic carbocycles. The van der Waals surface area contributed by atoms with Crippen LogP contribution in [-0.4, -0.2) is 0 Å². The molecule has 0 heterocycles. The predicted molar refractivity (Wildman–Crippen MR) is 45.5 cm³/mol. The number of hydrogen-bond donors (Lipinski definition) is 0. The van der Waals surface area contributed by atoms with Crippen molar-refractivity contribution >= 4 is 34.8 Å². The van der Waals surface area contributed by atoms with Crippen LogP contribution < -0.4 is 0 Å². The maximum Gasteiger partial charge on any atom is 0.219 e. The molecule has 1 rings (SSSR count). The van der Waals surface area contributed by atoms with E-state index in [0.717, 1.165) is 0 Å². The topological polar surface area (TPSA) is 0 Å². The van der Waals surface area contributed by atoms with E-state index in [-0.39, 0.29) is 0 Å². The first-order valence-corrected chi connectivity index (χ1v) is 4.28. The molecule has 0 aliphatic heterocycles. The van der Waals surface area contributed by atoms with Gasteiger partial charge in [-0.05, 0) is 6.07 Å². The molecule has 7 heteroatoms. The third-order valence-electron chi connectivity index (χ3n) is 1.41. The lowest BCUT2D eigenvalue weighted by Crippen LogP contribution is -2.09. The second kappa shape index (κ2) is 3.76. The summed E-state index contributed by atoms with van der Waals surface area (Å²) >= 11 is 15.6. The van der Waals surface area contributed by atoms with Crippen LogP contribution in [0.2, 0.25) is 0 Å². The van der Waals surface area contributed by atoms with Crippen LogP contribution in [0.5, 0.6) is 0 Å². The minimum Gasteiger partial charge on any atom is -0.204 e. The van der Waals surface area contributed by atoms with Crippen LogP contribution in [0.25, 0.3) is 0 Å². The Morgan fingerprint density at radius 2 is 1.36 bits per heavy atom. The van der Waals surface area contributed by atoms with E-state index >= 15 is 0 Å². The van der Waals surface area contributed by atoms with E-state index in [9.17, 15) is 17.6 Å². The molecule has 14 heavy (non-hydrogen) atoms. The van der Waals surface area contributed by atoms with E-state index < -0.39 is 32.6 Å². The van der Waals surface area contributed by atoms with Gasteiger partial charge in [0.1, 0.15) is 0 Å². The normalized spacial score (nSPS) is 11.9. The van der Waals surface area contributed by atoms with Crippen LogP contribution in [0.3, 0.4) is 0 Å². The summed E-state index contributed by atoms with van der Waals surface area (Å²) in [5.41, 5.74) is -0.876. The molecule has 0 atom stereocenters. The minimum absolute atomic E-state index is 0.292. The Labute approximate surface area is 91.4 Å². The van der Waals surface area contributed by atoms with Crippen molar-refractivity contribution in [3.05, 3.63) is 34.9 Å². The highest BCUT2D eigenvalue weighted by Gasteiger charge is 2.31. The number of rotatable bonds is 0.